The second-order valence-corrected chi connectivity index (χ2v) is 7.92. The molecule has 1 aromatic carbocycles. The van der Waals surface area contributed by atoms with Crippen LogP contribution < -0.4 is 4.72 Å². The number of rotatable bonds is 4. The average molecular weight is 445 g/mol. The first kappa shape index (κ1) is 21.4. The number of ether oxygens (including phenoxy) is 1. The van der Waals surface area contributed by atoms with Crippen LogP contribution in [0.15, 0.2) is 17.0 Å². The Morgan fingerprint density at radius 3 is 2.11 bits per heavy atom. The largest absolute Gasteiger partial charge is 0.465 e. The van der Waals surface area contributed by atoms with Crippen LogP contribution >= 0.6 is 23.2 Å². The monoisotopic (exact) mass is 444 g/mol. The number of carbonyl (C=O) groups is 1. The Bertz CT molecular complexity index is 994. The van der Waals surface area contributed by atoms with Crippen molar-refractivity contribution in [1.82, 2.24) is 4.98 Å². The van der Waals surface area contributed by atoms with Gasteiger partial charge < -0.3 is 9.72 Å². The Hall–Kier alpha value is -1.91. The lowest BCUT2D eigenvalue weighted by Crippen LogP contribution is -2.18. The number of nitrogens with one attached hydrogen (secondary N) is 2. The Morgan fingerprint density at radius 2 is 1.67 bits per heavy atom. The number of esters is 1. The zero-order valence-electron chi connectivity index (χ0n) is 14.1. The number of carbonyl (C=O) groups excluding carboxylic acids is 1. The van der Waals surface area contributed by atoms with E-state index < -0.39 is 37.8 Å². The van der Waals surface area contributed by atoms with Crippen molar-refractivity contribution in [3.05, 3.63) is 44.7 Å². The number of hydrogen-bond donors (Lipinski definition) is 2. The van der Waals surface area contributed by atoms with Crippen LogP contribution in [0.2, 0.25) is 10.0 Å². The maximum absolute atomic E-state index is 12.9. The summed E-state index contributed by atoms with van der Waals surface area (Å²) in [6, 6.07) is 1.56. The van der Waals surface area contributed by atoms with Gasteiger partial charge in [-0.05, 0) is 26.0 Å². The molecule has 27 heavy (non-hydrogen) atoms. The number of sulfonamides is 1. The van der Waals surface area contributed by atoms with E-state index in [9.17, 15) is 26.4 Å². The molecule has 0 atom stereocenters. The van der Waals surface area contributed by atoms with E-state index in [0.717, 1.165) is 19.2 Å². The van der Waals surface area contributed by atoms with Gasteiger partial charge in [-0.15, -0.1) is 0 Å². The second kappa shape index (κ2) is 7.25. The van der Waals surface area contributed by atoms with Crippen molar-refractivity contribution in [3.8, 4) is 0 Å². The number of H-pyrrole nitrogens is 1. The number of alkyl halides is 3. The molecule has 1 heterocycles. The first-order chi connectivity index (χ1) is 12.3. The van der Waals surface area contributed by atoms with Gasteiger partial charge in [0.1, 0.15) is 10.5 Å². The summed E-state index contributed by atoms with van der Waals surface area (Å²) >= 11 is 11.2. The van der Waals surface area contributed by atoms with E-state index in [1.54, 1.807) is 0 Å². The van der Waals surface area contributed by atoms with Gasteiger partial charge in [-0.3, -0.25) is 4.72 Å². The normalized spacial score (nSPS) is 12.1. The molecule has 148 valence electrons. The summed E-state index contributed by atoms with van der Waals surface area (Å²) in [6.07, 6.45) is -4.81. The summed E-state index contributed by atoms with van der Waals surface area (Å²) in [5.41, 5.74) is -1.40. The third-order valence-electron chi connectivity index (χ3n) is 3.55. The van der Waals surface area contributed by atoms with Crippen molar-refractivity contribution in [2.45, 2.75) is 24.9 Å². The predicted octanol–water partition coefficient (Wildman–Crippen LogP) is 4.54. The number of aryl methyl sites for hydroxylation is 2. The summed E-state index contributed by atoms with van der Waals surface area (Å²) in [6.45, 7) is 2.89. The lowest BCUT2D eigenvalue weighted by molar-refractivity contribution is -0.137. The molecular weight excluding hydrogens is 432 g/mol. The van der Waals surface area contributed by atoms with E-state index in [2.05, 4.69) is 14.4 Å². The van der Waals surface area contributed by atoms with Gasteiger partial charge in [0.15, 0.2) is 0 Å². The van der Waals surface area contributed by atoms with Crippen molar-refractivity contribution < 1.29 is 31.1 Å². The molecule has 12 heteroatoms. The van der Waals surface area contributed by atoms with Crippen molar-refractivity contribution in [2.75, 3.05) is 11.8 Å². The highest BCUT2D eigenvalue weighted by Gasteiger charge is 2.37. The van der Waals surface area contributed by atoms with Crippen LogP contribution in [0.4, 0.5) is 18.9 Å². The lowest BCUT2D eigenvalue weighted by Gasteiger charge is -2.14. The van der Waals surface area contributed by atoms with Crippen molar-refractivity contribution >= 4 is 44.9 Å². The molecule has 0 aliphatic heterocycles. The molecule has 2 N–H and O–H groups in total. The van der Waals surface area contributed by atoms with E-state index in [1.165, 1.54) is 13.8 Å². The van der Waals surface area contributed by atoms with Crippen molar-refractivity contribution in [1.29, 1.82) is 0 Å². The Balaban J connectivity index is 2.55. The van der Waals surface area contributed by atoms with E-state index in [1.807, 2.05) is 0 Å². The first-order valence-electron chi connectivity index (χ1n) is 7.16. The average Bonchev–Trinajstić information content (AvgIpc) is 2.78. The Labute approximate surface area is 162 Å². The van der Waals surface area contributed by atoms with E-state index in [-0.39, 0.29) is 27.5 Å². The zero-order valence-corrected chi connectivity index (χ0v) is 16.4. The van der Waals surface area contributed by atoms with Gasteiger partial charge in [0.2, 0.25) is 0 Å². The van der Waals surface area contributed by atoms with Crippen LogP contribution in [0.5, 0.6) is 0 Å². The fourth-order valence-corrected chi connectivity index (χ4v) is 4.74. The minimum absolute atomic E-state index is 0.143. The highest BCUT2D eigenvalue weighted by atomic mass is 35.5. The summed E-state index contributed by atoms with van der Waals surface area (Å²) in [5.74, 6) is -0.888. The molecule has 0 aliphatic rings. The fourth-order valence-electron chi connectivity index (χ4n) is 2.55. The summed E-state index contributed by atoms with van der Waals surface area (Å²) in [4.78, 5) is 14.3. The number of anilines is 1. The quantitative estimate of drug-likeness (QED) is 0.677. The van der Waals surface area contributed by atoms with Crippen LogP contribution in [0.25, 0.3) is 0 Å². The molecule has 0 bridgehead atoms. The van der Waals surface area contributed by atoms with E-state index in [0.29, 0.717) is 0 Å². The number of benzene rings is 1. The summed E-state index contributed by atoms with van der Waals surface area (Å²) in [7, 11) is -3.28. The molecule has 0 saturated carbocycles. The van der Waals surface area contributed by atoms with Gasteiger partial charge in [0, 0.05) is 11.4 Å². The molecule has 0 amide bonds. The molecule has 1 aromatic heterocycles. The highest BCUT2D eigenvalue weighted by molar-refractivity contribution is 7.92. The number of hydrogen-bond acceptors (Lipinski definition) is 4. The molecular formula is C15H13Cl2F3N2O4S. The third kappa shape index (κ3) is 4.17. The zero-order chi connectivity index (χ0) is 20.7. The molecule has 6 nitrogen and oxygen atoms in total. The molecule has 0 saturated heterocycles. The second-order valence-electron chi connectivity index (χ2n) is 5.49. The molecule has 0 radical (unpaired) electrons. The molecule has 2 rings (SSSR count). The maximum atomic E-state index is 12.9. The van der Waals surface area contributed by atoms with Crippen LogP contribution in [-0.2, 0) is 20.9 Å². The molecule has 2 aromatic rings. The van der Waals surface area contributed by atoms with Crippen molar-refractivity contribution in [2.24, 2.45) is 0 Å². The van der Waals surface area contributed by atoms with Gasteiger partial charge in [-0.25, -0.2) is 13.2 Å². The van der Waals surface area contributed by atoms with Crippen molar-refractivity contribution in [3.63, 3.8) is 0 Å². The maximum Gasteiger partial charge on any atom is 0.419 e. The molecule has 0 spiro atoms. The van der Waals surface area contributed by atoms with Gasteiger partial charge >= 0.3 is 12.1 Å². The minimum atomic E-state index is -4.81. The highest BCUT2D eigenvalue weighted by Crippen LogP contribution is 2.41. The smallest absolute Gasteiger partial charge is 0.419 e. The van der Waals surface area contributed by atoms with Crippen LogP contribution in [0.1, 0.15) is 27.3 Å². The molecule has 0 unspecified atom stereocenters. The Morgan fingerprint density at radius 1 is 1.15 bits per heavy atom. The summed E-state index contributed by atoms with van der Waals surface area (Å²) in [5, 5.41) is -1.55. The third-order valence-corrected chi connectivity index (χ3v) is 5.70. The van der Waals surface area contributed by atoms with Gasteiger partial charge in [0.25, 0.3) is 10.0 Å². The topological polar surface area (TPSA) is 88.3 Å². The molecule has 0 fully saturated rings. The van der Waals surface area contributed by atoms with E-state index in [4.69, 9.17) is 23.2 Å². The van der Waals surface area contributed by atoms with Gasteiger partial charge in [-0.1, -0.05) is 23.2 Å². The van der Waals surface area contributed by atoms with Crippen LogP contribution in [0, 0.1) is 13.8 Å². The number of halogens is 5. The number of aromatic amines is 1. The number of methoxy groups -OCH3 is 1. The predicted molar refractivity (Wildman–Crippen MR) is 93.9 cm³/mol. The van der Waals surface area contributed by atoms with E-state index >= 15 is 0 Å². The Kier molecular flexibility index (Phi) is 5.74. The fraction of sp³-hybridized carbons (Fsp3) is 0.267. The summed E-state index contributed by atoms with van der Waals surface area (Å²) < 4.78 is 70.9. The minimum Gasteiger partial charge on any atom is -0.465 e. The SMILES string of the molecule is COC(=O)c1c(C)[nH]c(C)c1S(=O)(=O)Nc1cc(Cl)c(C(F)(F)F)c(Cl)c1. The first-order valence-corrected chi connectivity index (χ1v) is 9.40. The molecule has 0 aliphatic carbocycles. The lowest BCUT2D eigenvalue weighted by atomic mass is 10.2. The van der Waals surface area contributed by atoms with Gasteiger partial charge in [-0.2, -0.15) is 13.2 Å². The number of aromatic nitrogens is 1. The standard InChI is InChI=1S/C15H13Cl2F3N2O4S/c1-6-11(14(23)26-3)13(7(2)21-6)27(24,25)22-8-4-9(16)12(10(17)5-8)15(18,19)20/h4-5,21-22H,1-3H3. The van der Waals surface area contributed by atoms with Gasteiger partial charge in [0.05, 0.1) is 28.4 Å². The van der Waals surface area contributed by atoms with Crippen LogP contribution in [0.3, 0.4) is 0 Å². The van der Waals surface area contributed by atoms with Crippen LogP contribution in [-0.4, -0.2) is 26.5 Å².